The second-order valence-electron chi connectivity index (χ2n) is 4.53. The number of unbranched alkanes of at least 4 members (excludes halogenated alkanes) is 3. The van der Waals surface area contributed by atoms with Crippen LogP contribution in [0.1, 0.15) is 56.4 Å². The number of anilines is 1. The van der Waals surface area contributed by atoms with Crippen LogP contribution in [0.5, 0.6) is 0 Å². The molecule has 5 heteroatoms. The summed E-state index contributed by atoms with van der Waals surface area (Å²) >= 11 is 0. The van der Waals surface area contributed by atoms with Crippen LogP contribution in [0.2, 0.25) is 0 Å². The number of carbonyl (C=O) groups is 1. The van der Waals surface area contributed by atoms with E-state index in [2.05, 4.69) is 34.4 Å². The topological polar surface area (TPSA) is 66.9 Å². The maximum absolute atomic E-state index is 11.9. The predicted octanol–water partition coefficient (Wildman–Crippen LogP) is 2.61. The van der Waals surface area contributed by atoms with Gasteiger partial charge in [0.1, 0.15) is 17.8 Å². The smallest absolute Gasteiger partial charge is 0.270 e. The highest BCUT2D eigenvalue weighted by molar-refractivity contribution is 5.92. The first-order chi connectivity index (χ1) is 9.27. The van der Waals surface area contributed by atoms with Crippen molar-refractivity contribution >= 4 is 11.7 Å². The summed E-state index contributed by atoms with van der Waals surface area (Å²) in [5.74, 6) is 0.583. The summed E-state index contributed by atoms with van der Waals surface area (Å²) in [4.78, 5) is 20.0. The van der Waals surface area contributed by atoms with Gasteiger partial charge in [0.15, 0.2) is 0 Å². The Bertz CT molecular complexity index is 381. The van der Waals surface area contributed by atoms with Crippen molar-refractivity contribution in [3.63, 3.8) is 0 Å². The maximum atomic E-state index is 11.9. The van der Waals surface area contributed by atoms with Crippen LogP contribution in [0.4, 0.5) is 5.82 Å². The van der Waals surface area contributed by atoms with E-state index in [0.717, 1.165) is 38.6 Å². The van der Waals surface area contributed by atoms with E-state index < -0.39 is 0 Å². The van der Waals surface area contributed by atoms with Crippen molar-refractivity contribution in [2.45, 2.75) is 46.0 Å². The molecule has 0 aliphatic rings. The quantitative estimate of drug-likeness (QED) is 0.673. The predicted molar refractivity (Wildman–Crippen MR) is 77.3 cm³/mol. The summed E-state index contributed by atoms with van der Waals surface area (Å²) in [6.45, 7) is 5.84. The van der Waals surface area contributed by atoms with Gasteiger partial charge in [0, 0.05) is 19.2 Å². The monoisotopic (exact) mass is 264 g/mol. The Hall–Kier alpha value is -1.65. The van der Waals surface area contributed by atoms with E-state index in [1.54, 1.807) is 6.07 Å². The van der Waals surface area contributed by atoms with Crippen molar-refractivity contribution < 1.29 is 4.79 Å². The van der Waals surface area contributed by atoms with E-state index in [1.807, 2.05) is 0 Å². The lowest BCUT2D eigenvalue weighted by Crippen LogP contribution is -2.25. The Labute approximate surface area is 115 Å². The Morgan fingerprint density at radius 2 is 1.89 bits per heavy atom. The SMILES string of the molecule is CCCCCNC(=O)c1cc(NCCCC)ncn1. The van der Waals surface area contributed by atoms with Crippen molar-refractivity contribution in [2.75, 3.05) is 18.4 Å². The van der Waals surface area contributed by atoms with Gasteiger partial charge in [-0.2, -0.15) is 0 Å². The van der Waals surface area contributed by atoms with Crippen molar-refractivity contribution in [2.24, 2.45) is 0 Å². The molecule has 0 fully saturated rings. The molecule has 5 nitrogen and oxygen atoms in total. The number of hydrogen-bond acceptors (Lipinski definition) is 4. The van der Waals surface area contributed by atoms with Gasteiger partial charge < -0.3 is 10.6 Å². The van der Waals surface area contributed by atoms with Gasteiger partial charge in [0.25, 0.3) is 5.91 Å². The first kappa shape index (κ1) is 15.4. The average Bonchev–Trinajstić information content (AvgIpc) is 2.44. The Morgan fingerprint density at radius 3 is 2.63 bits per heavy atom. The van der Waals surface area contributed by atoms with Crippen LogP contribution in [0.3, 0.4) is 0 Å². The number of rotatable bonds is 9. The van der Waals surface area contributed by atoms with Gasteiger partial charge in [0.05, 0.1) is 0 Å². The minimum Gasteiger partial charge on any atom is -0.370 e. The second-order valence-corrected chi connectivity index (χ2v) is 4.53. The molecule has 1 rings (SSSR count). The van der Waals surface area contributed by atoms with Crippen LogP contribution in [0, 0.1) is 0 Å². The molecule has 0 saturated heterocycles. The van der Waals surface area contributed by atoms with Crippen LogP contribution in [-0.2, 0) is 0 Å². The summed E-state index contributed by atoms with van der Waals surface area (Å²) in [6, 6.07) is 1.70. The zero-order valence-electron chi connectivity index (χ0n) is 11.9. The molecule has 1 aromatic rings. The van der Waals surface area contributed by atoms with E-state index >= 15 is 0 Å². The number of carbonyl (C=O) groups excluding carboxylic acids is 1. The second kappa shape index (κ2) is 9.30. The standard InChI is InChI=1S/C14H24N4O/c1-3-5-7-9-16-14(19)12-10-13(18-11-17-12)15-8-6-4-2/h10-11H,3-9H2,1-2H3,(H,16,19)(H,15,17,18). The molecule has 0 aliphatic heterocycles. The zero-order valence-corrected chi connectivity index (χ0v) is 11.9. The lowest BCUT2D eigenvalue weighted by molar-refractivity contribution is 0.0948. The highest BCUT2D eigenvalue weighted by atomic mass is 16.1. The molecule has 0 atom stereocenters. The summed E-state index contributed by atoms with van der Waals surface area (Å²) < 4.78 is 0. The largest absolute Gasteiger partial charge is 0.370 e. The van der Waals surface area contributed by atoms with E-state index in [9.17, 15) is 4.79 Å². The molecule has 0 aromatic carbocycles. The first-order valence-electron chi connectivity index (χ1n) is 7.12. The van der Waals surface area contributed by atoms with Crippen LogP contribution < -0.4 is 10.6 Å². The fourth-order valence-electron chi connectivity index (χ4n) is 1.64. The number of aromatic nitrogens is 2. The van der Waals surface area contributed by atoms with Crippen LogP contribution in [0.25, 0.3) is 0 Å². The van der Waals surface area contributed by atoms with E-state index in [1.165, 1.54) is 6.33 Å². The zero-order chi connectivity index (χ0) is 13.9. The van der Waals surface area contributed by atoms with Crippen molar-refractivity contribution in [1.82, 2.24) is 15.3 Å². The van der Waals surface area contributed by atoms with Gasteiger partial charge in [-0.15, -0.1) is 0 Å². The molecule has 106 valence electrons. The van der Waals surface area contributed by atoms with Crippen molar-refractivity contribution in [1.29, 1.82) is 0 Å². The third kappa shape index (κ3) is 6.18. The first-order valence-corrected chi connectivity index (χ1v) is 7.12. The minimum atomic E-state index is -0.128. The molecule has 1 amide bonds. The molecule has 1 aromatic heterocycles. The third-order valence-electron chi connectivity index (χ3n) is 2.80. The number of nitrogens with one attached hydrogen (secondary N) is 2. The normalized spacial score (nSPS) is 10.2. The summed E-state index contributed by atoms with van der Waals surface area (Å²) in [6.07, 6.45) is 6.93. The molecular formula is C14H24N4O. The molecule has 2 N–H and O–H groups in total. The van der Waals surface area contributed by atoms with Crippen LogP contribution >= 0.6 is 0 Å². The minimum absolute atomic E-state index is 0.128. The van der Waals surface area contributed by atoms with Crippen molar-refractivity contribution in [3.8, 4) is 0 Å². The van der Waals surface area contributed by atoms with Crippen LogP contribution in [-0.4, -0.2) is 29.0 Å². The molecule has 19 heavy (non-hydrogen) atoms. The highest BCUT2D eigenvalue weighted by Crippen LogP contribution is 2.04. The highest BCUT2D eigenvalue weighted by Gasteiger charge is 2.07. The van der Waals surface area contributed by atoms with Gasteiger partial charge in [-0.1, -0.05) is 33.1 Å². The summed E-state index contributed by atoms with van der Waals surface area (Å²) in [7, 11) is 0. The molecule has 1 heterocycles. The Balaban J connectivity index is 2.43. The van der Waals surface area contributed by atoms with Gasteiger partial charge in [-0.05, 0) is 12.8 Å². The van der Waals surface area contributed by atoms with Crippen molar-refractivity contribution in [3.05, 3.63) is 18.1 Å². The lowest BCUT2D eigenvalue weighted by atomic mass is 10.2. The number of amides is 1. The molecule has 0 spiro atoms. The number of hydrogen-bond donors (Lipinski definition) is 2. The van der Waals surface area contributed by atoms with Gasteiger partial charge in [-0.3, -0.25) is 4.79 Å². The molecule has 0 saturated carbocycles. The fourth-order valence-corrected chi connectivity index (χ4v) is 1.64. The lowest BCUT2D eigenvalue weighted by Gasteiger charge is -2.07. The van der Waals surface area contributed by atoms with Gasteiger partial charge in [0.2, 0.25) is 0 Å². The van der Waals surface area contributed by atoms with Gasteiger partial charge >= 0.3 is 0 Å². The molecule has 0 unspecified atom stereocenters. The maximum Gasteiger partial charge on any atom is 0.270 e. The van der Waals surface area contributed by atoms with Gasteiger partial charge in [-0.25, -0.2) is 9.97 Å². The molecular weight excluding hydrogens is 240 g/mol. The van der Waals surface area contributed by atoms with E-state index in [4.69, 9.17) is 0 Å². The molecule has 0 bridgehead atoms. The molecule has 0 radical (unpaired) electrons. The van der Waals surface area contributed by atoms with Crippen LogP contribution in [0.15, 0.2) is 12.4 Å². The average molecular weight is 264 g/mol. The Kier molecular flexibility index (Phi) is 7.54. The molecule has 0 aliphatic carbocycles. The third-order valence-corrected chi connectivity index (χ3v) is 2.80. The number of nitrogens with zero attached hydrogens (tertiary/aromatic N) is 2. The Morgan fingerprint density at radius 1 is 1.11 bits per heavy atom. The summed E-state index contributed by atoms with van der Waals surface area (Å²) in [5, 5.41) is 6.06. The van der Waals surface area contributed by atoms with E-state index in [-0.39, 0.29) is 5.91 Å². The fraction of sp³-hybridized carbons (Fsp3) is 0.643. The summed E-state index contributed by atoms with van der Waals surface area (Å²) in [5.41, 5.74) is 0.422. The van der Waals surface area contributed by atoms with E-state index in [0.29, 0.717) is 18.1 Å².